The third-order valence-corrected chi connectivity index (χ3v) is 5.12. The van der Waals surface area contributed by atoms with Crippen molar-refractivity contribution in [3.63, 3.8) is 0 Å². The number of rotatable bonds is 0. The summed E-state index contributed by atoms with van der Waals surface area (Å²) in [6.07, 6.45) is 6.87. The van der Waals surface area contributed by atoms with E-state index in [1.54, 1.807) is 14.2 Å². The van der Waals surface area contributed by atoms with E-state index in [-0.39, 0.29) is 37.0 Å². The molecule has 0 amide bonds. The van der Waals surface area contributed by atoms with Crippen LogP contribution in [-0.4, -0.2) is 14.2 Å². The van der Waals surface area contributed by atoms with Crippen molar-refractivity contribution in [1.82, 2.24) is 0 Å². The molecule has 24 heavy (non-hydrogen) atoms. The number of hydrogen-bond acceptors (Lipinski definition) is 1. The maximum Gasteiger partial charge on any atom is 2.00 e. The van der Waals surface area contributed by atoms with Gasteiger partial charge in [-0.2, -0.15) is 22.3 Å². The van der Waals surface area contributed by atoms with Gasteiger partial charge in [0.1, 0.15) is 0 Å². The Balaban J connectivity index is 0. The fourth-order valence-electron chi connectivity index (χ4n) is 2.81. The van der Waals surface area contributed by atoms with E-state index in [4.69, 9.17) is 0 Å². The van der Waals surface area contributed by atoms with Crippen molar-refractivity contribution in [2.75, 3.05) is 14.2 Å². The van der Waals surface area contributed by atoms with Crippen LogP contribution in [0, 0.1) is 23.0 Å². The van der Waals surface area contributed by atoms with Crippen LogP contribution in [0.2, 0.25) is 0 Å². The summed E-state index contributed by atoms with van der Waals surface area (Å²) in [6, 6.07) is 0. The van der Waals surface area contributed by atoms with Gasteiger partial charge < -0.3 is 4.74 Å². The van der Waals surface area contributed by atoms with Crippen LogP contribution in [0.3, 0.4) is 0 Å². The first-order valence-electron chi connectivity index (χ1n) is 8.32. The fraction of sp³-hybridized carbons (Fsp3) is 0.636. The minimum Gasteiger partial charge on any atom is -0.388 e. The normalized spacial score (nSPS) is 20.3. The Morgan fingerprint density at radius 2 is 0.833 bits per heavy atom. The van der Waals surface area contributed by atoms with E-state index in [1.807, 2.05) is 0 Å². The molecule has 1 nitrogen and oxygen atoms in total. The summed E-state index contributed by atoms with van der Waals surface area (Å²) in [5, 5.41) is 0. The minimum atomic E-state index is 0. The molecule has 0 heterocycles. The second-order valence-electron chi connectivity index (χ2n) is 7.66. The third kappa shape index (κ3) is 6.60. The number of methoxy groups -OCH3 is 1. The largest absolute Gasteiger partial charge is 2.00 e. The summed E-state index contributed by atoms with van der Waals surface area (Å²) < 4.78 is 4.25. The van der Waals surface area contributed by atoms with Crippen LogP contribution in [0.25, 0.3) is 0 Å². The Morgan fingerprint density at radius 3 is 0.875 bits per heavy atom. The molecule has 134 valence electrons. The monoisotopic (exact) mass is 406 g/mol. The summed E-state index contributed by atoms with van der Waals surface area (Å²) in [6.45, 7) is 21.8. The molecule has 0 aromatic rings. The summed E-state index contributed by atoms with van der Waals surface area (Å²) in [5.74, 6) is 0. The number of ether oxygens (including phenoxy) is 1. The van der Waals surface area contributed by atoms with Crippen molar-refractivity contribution in [1.29, 1.82) is 0 Å². The van der Waals surface area contributed by atoms with Crippen LogP contribution in [0.15, 0.2) is 33.4 Å². The molecule has 0 fully saturated rings. The van der Waals surface area contributed by atoms with Crippen LogP contribution in [0.4, 0.5) is 0 Å². The predicted octanol–water partition coefficient (Wildman–Crippen LogP) is 6.48. The van der Waals surface area contributed by atoms with E-state index in [0.29, 0.717) is 0 Å². The van der Waals surface area contributed by atoms with Gasteiger partial charge >= 0.3 is 26.2 Å². The molecule has 2 rings (SSSR count). The van der Waals surface area contributed by atoms with Crippen molar-refractivity contribution in [2.24, 2.45) is 10.8 Å². The molecule has 2 aliphatic rings. The molecule has 0 saturated heterocycles. The van der Waals surface area contributed by atoms with Gasteiger partial charge in [-0.25, -0.2) is 11.1 Å². The summed E-state index contributed by atoms with van der Waals surface area (Å²) >= 11 is 0. The molecular formula is C22H36OZr. The molecule has 0 spiro atoms. The molecule has 2 heteroatoms. The first-order chi connectivity index (χ1) is 10.3. The van der Waals surface area contributed by atoms with Gasteiger partial charge in [0.05, 0.1) is 0 Å². The van der Waals surface area contributed by atoms with Gasteiger partial charge in [-0.05, 0) is 0 Å². The third-order valence-electron chi connectivity index (χ3n) is 5.12. The molecule has 0 radical (unpaired) electrons. The number of hydrogen-bond donors (Lipinski definition) is 0. The van der Waals surface area contributed by atoms with Crippen molar-refractivity contribution in [2.45, 2.75) is 69.2 Å². The summed E-state index contributed by atoms with van der Waals surface area (Å²) in [7, 11) is 3.25. The average Bonchev–Trinajstić information content (AvgIpc) is 2.71. The Bertz CT molecular complexity index is 505. The molecule has 0 aliphatic heterocycles. The van der Waals surface area contributed by atoms with Crippen LogP contribution in [0.1, 0.15) is 69.2 Å². The quantitative estimate of drug-likeness (QED) is 0.417. The molecule has 0 saturated carbocycles. The molecule has 0 aromatic heterocycles. The molecule has 0 bridgehead atoms. The van der Waals surface area contributed by atoms with Crippen molar-refractivity contribution in [3.05, 3.63) is 45.6 Å². The van der Waals surface area contributed by atoms with E-state index in [0.717, 1.165) is 0 Å². The summed E-state index contributed by atoms with van der Waals surface area (Å²) in [5.41, 5.74) is 8.79. The van der Waals surface area contributed by atoms with Crippen LogP contribution >= 0.6 is 0 Å². The smallest absolute Gasteiger partial charge is 0.388 e. The van der Waals surface area contributed by atoms with E-state index < -0.39 is 0 Å². The zero-order valence-electron chi connectivity index (χ0n) is 17.9. The van der Waals surface area contributed by atoms with Gasteiger partial charge in [0, 0.05) is 14.2 Å². The molecule has 2 aliphatic carbocycles. The standard InChI is InChI=1S/2C10H15.C2H6O.Zr/c2*1-7-6-10(4,5)9(3)8(7)2;1-3-2;/h2*1-5H3;1-2H3;/q2*-1;;+2. The maximum atomic E-state index is 4.25. The average molecular weight is 408 g/mol. The van der Waals surface area contributed by atoms with Crippen LogP contribution < -0.4 is 0 Å². The Morgan fingerprint density at radius 1 is 0.625 bits per heavy atom. The van der Waals surface area contributed by atoms with Crippen LogP contribution in [0.5, 0.6) is 0 Å². The van der Waals surface area contributed by atoms with E-state index in [9.17, 15) is 0 Å². The molecule has 0 N–H and O–H groups in total. The Labute approximate surface area is 170 Å². The van der Waals surface area contributed by atoms with E-state index in [2.05, 4.69) is 86.1 Å². The molecule has 0 atom stereocenters. The maximum absolute atomic E-state index is 4.25. The Hall–Kier alpha value is -0.197. The van der Waals surface area contributed by atoms with E-state index >= 15 is 0 Å². The minimum absolute atomic E-state index is 0. The van der Waals surface area contributed by atoms with Gasteiger partial charge in [-0.1, -0.05) is 66.2 Å². The topological polar surface area (TPSA) is 9.23 Å². The fourth-order valence-corrected chi connectivity index (χ4v) is 2.81. The zero-order chi connectivity index (χ0) is 18.6. The summed E-state index contributed by atoms with van der Waals surface area (Å²) in [4.78, 5) is 0. The second kappa shape index (κ2) is 10.1. The molecular weight excluding hydrogens is 371 g/mol. The predicted molar refractivity (Wildman–Crippen MR) is 102 cm³/mol. The van der Waals surface area contributed by atoms with Gasteiger partial charge in [0.25, 0.3) is 0 Å². The van der Waals surface area contributed by atoms with Gasteiger partial charge in [0.15, 0.2) is 0 Å². The van der Waals surface area contributed by atoms with Gasteiger partial charge in [-0.15, -0.1) is 13.8 Å². The number of allylic oxidation sites excluding steroid dienone is 8. The van der Waals surface area contributed by atoms with Gasteiger partial charge in [0.2, 0.25) is 0 Å². The zero-order valence-corrected chi connectivity index (χ0v) is 20.4. The molecule has 0 unspecified atom stereocenters. The van der Waals surface area contributed by atoms with Gasteiger partial charge in [-0.3, -0.25) is 12.2 Å². The van der Waals surface area contributed by atoms with Crippen LogP contribution in [-0.2, 0) is 30.9 Å². The Kier molecular flexibility index (Phi) is 10.9. The van der Waals surface area contributed by atoms with Crippen molar-refractivity contribution in [3.8, 4) is 0 Å². The first-order valence-corrected chi connectivity index (χ1v) is 8.32. The van der Waals surface area contributed by atoms with Crippen molar-refractivity contribution < 1.29 is 30.9 Å². The van der Waals surface area contributed by atoms with Crippen molar-refractivity contribution >= 4 is 0 Å². The van der Waals surface area contributed by atoms with E-state index in [1.165, 1.54) is 33.4 Å². The second-order valence-corrected chi connectivity index (χ2v) is 7.66. The molecule has 0 aromatic carbocycles. The first kappa shape index (κ1) is 26.0. The SMILES string of the molecule is CC1=[C-]C(C)(C)C(C)=C1C.CC1=[C-]C(C)(C)C(C)=C1C.COC.[Zr+2].